The molecule has 23 heavy (non-hydrogen) atoms. The highest BCUT2D eigenvalue weighted by molar-refractivity contribution is 5.39. The van der Waals surface area contributed by atoms with Crippen LogP contribution in [0.25, 0.3) is 0 Å². The van der Waals surface area contributed by atoms with Crippen molar-refractivity contribution < 1.29 is 4.74 Å². The number of aryl methyl sites for hydroxylation is 2. The Bertz CT molecular complexity index is 647. The number of ether oxygens (including phenoxy) is 1. The lowest BCUT2D eigenvalue weighted by Crippen LogP contribution is -2.29. The molecular weight excluding hydrogens is 284 g/mol. The van der Waals surface area contributed by atoms with E-state index in [0.717, 1.165) is 25.3 Å². The van der Waals surface area contributed by atoms with Gasteiger partial charge in [0.1, 0.15) is 5.75 Å². The lowest BCUT2D eigenvalue weighted by molar-refractivity contribution is 0.299. The summed E-state index contributed by atoms with van der Waals surface area (Å²) >= 11 is 0. The maximum absolute atomic E-state index is 5.37. The number of hydrogen-bond donors (Lipinski definition) is 0. The van der Waals surface area contributed by atoms with Gasteiger partial charge in [0.15, 0.2) is 0 Å². The van der Waals surface area contributed by atoms with E-state index in [9.17, 15) is 0 Å². The van der Waals surface area contributed by atoms with Gasteiger partial charge in [0.2, 0.25) is 0 Å². The topological polar surface area (TPSA) is 17.4 Å². The monoisotopic (exact) mass is 312 g/mol. The molecule has 0 spiro atoms. The number of rotatable bonds is 6. The number of aromatic nitrogens is 1. The summed E-state index contributed by atoms with van der Waals surface area (Å²) in [7, 11) is 6.13. The summed E-state index contributed by atoms with van der Waals surface area (Å²) in [5.74, 6) is 1.64. The molecule has 1 heterocycles. The first kappa shape index (κ1) is 16.1. The van der Waals surface area contributed by atoms with E-state index in [1.54, 1.807) is 7.11 Å². The van der Waals surface area contributed by atoms with Gasteiger partial charge in [-0.2, -0.15) is 0 Å². The van der Waals surface area contributed by atoms with Gasteiger partial charge in [-0.25, -0.2) is 0 Å². The van der Waals surface area contributed by atoms with Crippen LogP contribution in [0.2, 0.25) is 0 Å². The van der Waals surface area contributed by atoms with E-state index in [2.05, 4.69) is 60.1 Å². The second kappa shape index (κ2) is 7.22. The van der Waals surface area contributed by atoms with Gasteiger partial charge < -0.3 is 14.2 Å². The maximum Gasteiger partial charge on any atom is 0.119 e. The molecule has 0 saturated heterocycles. The number of nitrogens with zero attached hydrogens (tertiary/aromatic N) is 2. The molecule has 3 heteroatoms. The van der Waals surface area contributed by atoms with Crippen molar-refractivity contribution in [3.8, 4) is 5.75 Å². The third kappa shape index (κ3) is 3.78. The first-order valence-electron chi connectivity index (χ1n) is 8.63. The number of fused-ring (bicyclic) bond motifs is 1. The van der Waals surface area contributed by atoms with Crippen LogP contribution in [0.4, 0.5) is 0 Å². The molecule has 0 fully saturated rings. The summed E-state index contributed by atoms with van der Waals surface area (Å²) in [6.45, 7) is 2.25. The van der Waals surface area contributed by atoms with Crippen molar-refractivity contribution in [2.75, 3.05) is 27.2 Å². The molecule has 1 aromatic carbocycles. The zero-order valence-corrected chi connectivity index (χ0v) is 14.6. The molecule has 3 rings (SSSR count). The highest BCUT2D eigenvalue weighted by Crippen LogP contribution is 2.34. The van der Waals surface area contributed by atoms with Crippen molar-refractivity contribution in [3.05, 3.63) is 53.3 Å². The van der Waals surface area contributed by atoms with Gasteiger partial charge in [0, 0.05) is 38.4 Å². The van der Waals surface area contributed by atoms with E-state index in [4.69, 9.17) is 4.74 Å². The Morgan fingerprint density at radius 1 is 1.30 bits per heavy atom. The fourth-order valence-electron chi connectivity index (χ4n) is 3.74. The number of likely N-dealkylation sites (N-methyl/N-ethyl adjacent to an activating group) is 1. The zero-order valence-electron chi connectivity index (χ0n) is 14.6. The van der Waals surface area contributed by atoms with E-state index in [-0.39, 0.29) is 0 Å². The minimum atomic E-state index is 0.656. The summed E-state index contributed by atoms with van der Waals surface area (Å²) in [6, 6.07) is 11.0. The van der Waals surface area contributed by atoms with E-state index in [0.29, 0.717) is 5.92 Å². The van der Waals surface area contributed by atoms with Crippen molar-refractivity contribution in [2.45, 2.75) is 31.6 Å². The first-order valence-corrected chi connectivity index (χ1v) is 8.63. The van der Waals surface area contributed by atoms with Gasteiger partial charge in [-0.3, -0.25) is 0 Å². The Morgan fingerprint density at radius 2 is 2.17 bits per heavy atom. The van der Waals surface area contributed by atoms with E-state index in [1.165, 1.54) is 36.1 Å². The van der Waals surface area contributed by atoms with Crippen molar-refractivity contribution in [1.82, 2.24) is 9.47 Å². The standard InChI is InChI=1S/C20H28N2O/c1-21(13-11-18-8-5-12-22(18)2)15-17-7-4-6-16-14-19(23-3)9-10-20(16)17/h5,8-10,12,14,17H,4,6-7,11,13,15H2,1-3H3. The average molecular weight is 312 g/mol. The van der Waals surface area contributed by atoms with Crippen LogP contribution in [0.15, 0.2) is 36.5 Å². The van der Waals surface area contributed by atoms with Crippen LogP contribution in [-0.2, 0) is 19.9 Å². The number of benzene rings is 1. The normalized spacial score (nSPS) is 17.3. The molecule has 1 aliphatic rings. The smallest absolute Gasteiger partial charge is 0.119 e. The number of hydrogen-bond acceptors (Lipinski definition) is 2. The summed E-state index contributed by atoms with van der Waals surface area (Å²) in [6.07, 6.45) is 7.02. The molecule has 0 aliphatic heterocycles. The lowest BCUT2D eigenvalue weighted by atomic mass is 9.82. The molecule has 1 unspecified atom stereocenters. The molecule has 0 radical (unpaired) electrons. The first-order chi connectivity index (χ1) is 11.2. The highest BCUT2D eigenvalue weighted by Gasteiger charge is 2.21. The van der Waals surface area contributed by atoms with Gasteiger partial charge in [-0.15, -0.1) is 0 Å². The van der Waals surface area contributed by atoms with Crippen LogP contribution in [-0.4, -0.2) is 36.7 Å². The number of methoxy groups -OCH3 is 1. The molecule has 3 nitrogen and oxygen atoms in total. The Morgan fingerprint density at radius 3 is 2.91 bits per heavy atom. The lowest BCUT2D eigenvalue weighted by Gasteiger charge is -2.29. The maximum atomic E-state index is 5.37. The minimum Gasteiger partial charge on any atom is -0.497 e. The zero-order chi connectivity index (χ0) is 16.2. The predicted molar refractivity (Wildman–Crippen MR) is 95.3 cm³/mol. The minimum absolute atomic E-state index is 0.656. The predicted octanol–water partition coefficient (Wildman–Crippen LogP) is 3.63. The quantitative estimate of drug-likeness (QED) is 0.810. The largest absolute Gasteiger partial charge is 0.497 e. The van der Waals surface area contributed by atoms with Gasteiger partial charge in [-0.05, 0) is 67.6 Å². The molecule has 0 N–H and O–H groups in total. The van der Waals surface area contributed by atoms with Crippen LogP contribution in [0.3, 0.4) is 0 Å². The van der Waals surface area contributed by atoms with Crippen LogP contribution >= 0.6 is 0 Å². The van der Waals surface area contributed by atoms with Gasteiger partial charge >= 0.3 is 0 Å². The molecular formula is C20H28N2O. The van der Waals surface area contributed by atoms with Gasteiger partial charge in [-0.1, -0.05) is 6.07 Å². The Hall–Kier alpha value is -1.74. The average Bonchev–Trinajstić information content (AvgIpc) is 2.98. The third-order valence-electron chi connectivity index (χ3n) is 5.12. The van der Waals surface area contributed by atoms with Crippen LogP contribution in [0.5, 0.6) is 5.75 Å². The molecule has 0 bridgehead atoms. The molecule has 0 amide bonds. The second-order valence-corrected chi connectivity index (χ2v) is 6.78. The Labute approximate surface area is 139 Å². The Kier molecular flexibility index (Phi) is 5.06. The molecule has 1 aromatic heterocycles. The van der Waals surface area contributed by atoms with E-state index < -0.39 is 0 Å². The fraction of sp³-hybridized carbons (Fsp3) is 0.500. The summed E-state index contributed by atoms with van der Waals surface area (Å²) in [5.41, 5.74) is 4.42. The summed E-state index contributed by atoms with van der Waals surface area (Å²) in [5, 5.41) is 0. The molecule has 1 aliphatic carbocycles. The summed E-state index contributed by atoms with van der Waals surface area (Å²) in [4.78, 5) is 2.48. The highest BCUT2D eigenvalue weighted by atomic mass is 16.5. The van der Waals surface area contributed by atoms with Crippen molar-refractivity contribution >= 4 is 0 Å². The molecule has 124 valence electrons. The third-order valence-corrected chi connectivity index (χ3v) is 5.12. The van der Waals surface area contributed by atoms with Crippen LogP contribution in [0.1, 0.15) is 35.6 Å². The summed E-state index contributed by atoms with van der Waals surface area (Å²) < 4.78 is 7.59. The van der Waals surface area contributed by atoms with Crippen molar-refractivity contribution in [3.63, 3.8) is 0 Å². The van der Waals surface area contributed by atoms with E-state index in [1.807, 2.05) is 0 Å². The molecule has 0 saturated carbocycles. The molecule has 2 aromatic rings. The van der Waals surface area contributed by atoms with Gasteiger partial charge in [0.05, 0.1) is 7.11 Å². The van der Waals surface area contributed by atoms with E-state index >= 15 is 0 Å². The second-order valence-electron chi connectivity index (χ2n) is 6.78. The molecule has 1 atom stereocenters. The van der Waals surface area contributed by atoms with Crippen LogP contribution < -0.4 is 4.74 Å². The van der Waals surface area contributed by atoms with Crippen molar-refractivity contribution in [1.29, 1.82) is 0 Å². The van der Waals surface area contributed by atoms with Crippen LogP contribution in [0, 0.1) is 0 Å². The van der Waals surface area contributed by atoms with Crippen molar-refractivity contribution in [2.24, 2.45) is 7.05 Å². The van der Waals surface area contributed by atoms with Gasteiger partial charge in [0.25, 0.3) is 0 Å². The fourth-order valence-corrected chi connectivity index (χ4v) is 3.74. The SMILES string of the molecule is COc1ccc2c(c1)CCCC2CN(C)CCc1cccn1C. The Balaban J connectivity index is 1.61.